The smallest absolute Gasteiger partial charge is 0.144 e. The Hall–Kier alpha value is -1.06. The number of aromatic hydroxyl groups is 1. The van der Waals surface area contributed by atoms with Crippen LogP contribution in [0.1, 0.15) is 49.3 Å². The zero-order chi connectivity index (χ0) is 16.2. The molecule has 0 radical (unpaired) electrons. The number of phenols is 1. The summed E-state index contributed by atoms with van der Waals surface area (Å²) in [5.74, 6) is -0.345. The van der Waals surface area contributed by atoms with Crippen molar-refractivity contribution >= 4 is 24.8 Å². The highest BCUT2D eigenvalue weighted by Gasteiger charge is 2.33. The molecule has 0 bridgehead atoms. The van der Waals surface area contributed by atoms with Crippen molar-refractivity contribution in [3.8, 4) is 11.8 Å². The van der Waals surface area contributed by atoms with E-state index in [1.165, 1.54) is 25.3 Å². The molecule has 0 unspecified atom stereocenters. The second-order valence-electron chi connectivity index (χ2n) is 6.60. The number of hydrogen-bond donors (Lipinski definition) is 2. The fraction of sp³-hybridized carbons (Fsp3) is 0.611. The largest absolute Gasteiger partial charge is 0.506 e. The first-order chi connectivity index (χ1) is 11.2. The van der Waals surface area contributed by atoms with Crippen LogP contribution >= 0.6 is 24.8 Å². The van der Waals surface area contributed by atoms with Crippen molar-refractivity contribution in [3.05, 3.63) is 29.1 Å². The molecule has 25 heavy (non-hydrogen) atoms. The van der Waals surface area contributed by atoms with Crippen molar-refractivity contribution < 1.29 is 9.50 Å². The number of rotatable bonds is 3. The quantitative estimate of drug-likeness (QED) is 0.825. The van der Waals surface area contributed by atoms with E-state index in [1.54, 1.807) is 6.07 Å². The molecule has 1 atom stereocenters. The molecule has 1 saturated carbocycles. The number of phenolic OH excluding ortho intramolecular Hbond substituents is 1. The second kappa shape index (κ2) is 10.2. The van der Waals surface area contributed by atoms with Crippen molar-refractivity contribution in [2.24, 2.45) is 5.92 Å². The molecular weight excluding hydrogens is 364 g/mol. The van der Waals surface area contributed by atoms with Gasteiger partial charge in [0.25, 0.3) is 0 Å². The fourth-order valence-corrected chi connectivity index (χ4v) is 4.09. The lowest BCUT2D eigenvalue weighted by molar-refractivity contribution is 0.101. The van der Waals surface area contributed by atoms with Gasteiger partial charge < -0.3 is 10.4 Å². The highest BCUT2D eigenvalue weighted by atomic mass is 35.5. The maximum Gasteiger partial charge on any atom is 0.144 e. The molecule has 1 aromatic carbocycles. The van der Waals surface area contributed by atoms with Crippen molar-refractivity contribution in [2.45, 2.75) is 38.1 Å². The number of halogens is 3. The van der Waals surface area contributed by atoms with E-state index in [2.05, 4.69) is 10.2 Å². The average molecular weight is 390 g/mol. The molecule has 0 amide bonds. The maximum atomic E-state index is 13.8. The van der Waals surface area contributed by atoms with Crippen molar-refractivity contribution in [1.82, 2.24) is 10.2 Å². The number of nitrogens with zero attached hydrogens (tertiary/aromatic N) is 2. The zero-order valence-electron chi connectivity index (χ0n) is 14.2. The van der Waals surface area contributed by atoms with Crippen LogP contribution in [-0.2, 0) is 0 Å². The van der Waals surface area contributed by atoms with Gasteiger partial charge in [0.1, 0.15) is 23.2 Å². The van der Waals surface area contributed by atoms with Crippen LogP contribution in [0.3, 0.4) is 0 Å². The minimum atomic E-state index is -0.642. The van der Waals surface area contributed by atoms with Gasteiger partial charge in [-0.3, -0.25) is 4.90 Å². The average Bonchev–Trinajstić information content (AvgIpc) is 2.60. The lowest BCUT2D eigenvalue weighted by atomic mass is 9.79. The first-order valence-corrected chi connectivity index (χ1v) is 8.58. The van der Waals surface area contributed by atoms with E-state index in [-0.39, 0.29) is 42.2 Å². The Labute approximate surface area is 161 Å². The predicted octanol–water partition coefficient (Wildman–Crippen LogP) is 3.77. The summed E-state index contributed by atoms with van der Waals surface area (Å²) in [7, 11) is 0. The Morgan fingerprint density at radius 2 is 1.80 bits per heavy atom. The van der Waals surface area contributed by atoms with Crippen LogP contribution in [0.15, 0.2) is 12.1 Å². The van der Waals surface area contributed by atoms with Gasteiger partial charge in [-0.1, -0.05) is 25.3 Å². The zero-order valence-corrected chi connectivity index (χ0v) is 15.8. The van der Waals surface area contributed by atoms with E-state index in [0.717, 1.165) is 44.6 Å². The molecule has 2 N–H and O–H groups in total. The van der Waals surface area contributed by atoms with Crippen LogP contribution in [0.5, 0.6) is 5.75 Å². The summed E-state index contributed by atoms with van der Waals surface area (Å²) in [5, 5.41) is 23.0. The van der Waals surface area contributed by atoms with Crippen molar-refractivity contribution in [1.29, 1.82) is 5.26 Å². The van der Waals surface area contributed by atoms with Gasteiger partial charge in [-0.05, 0) is 24.8 Å². The summed E-state index contributed by atoms with van der Waals surface area (Å²) in [6.07, 6.45) is 5.95. The lowest BCUT2D eigenvalue weighted by Crippen LogP contribution is -2.47. The monoisotopic (exact) mass is 389 g/mol. The minimum Gasteiger partial charge on any atom is -0.506 e. The molecule has 1 aliphatic carbocycles. The molecule has 140 valence electrons. The lowest BCUT2D eigenvalue weighted by Gasteiger charge is -2.41. The topological polar surface area (TPSA) is 59.3 Å². The van der Waals surface area contributed by atoms with Crippen LogP contribution in [0.4, 0.5) is 4.39 Å². The molecule has 4 nitrogen and oxygen atoms in total. The van der Waals surface area contributed by atoms with Gasteiger partial charge in [0.05, 0.1) is 0 Å². The summed E-state index contributed by atoms with van der Waals surface area (Å²) < 4.78 is 13.8. The third kappa shape index (κ3) is 4.77. The first kappa shape index (κ1) is 22.0. The van der Waals surface area contributed by atoms with Gasteiger partial charge in [-0.2, -0.15) is 5.26 Å². The van der Waals surface area contributed by atoms with E-state index < -0.39 is 5.82 Å². The Morgan fingerprint density at radius 1 is 1.16 bits per heavy atom. The maximum absolute atomic E-state index is 13.8. The van der Waals surface area contributed by atoms with E-state index in [0.29, 0.717) is 5.92 Å². The van der Waals surface area contributed by atoms with Crippen LogP contribution in [-0.4, -0.2) is 36.2 Å². The first-order valence-electron chi connectivity index (χ1n) is 8.58. The Balaban J connectivity index is 0.00000156. The van der Waals surface area contributed by atoms with Gasteiger partial charge in [0.15, 0.2) is 0 Å². The molecule has 1 heterocycles. The minimum absolute atomic E-state index is 0. The number of nitrogens with one attached hydrogen (secondary N) is 1. The van der Waals surface area contributed by atoms with Crippen LogP contribution in [0.2, 0.25) is 0 Å². The Morgan fingerprint density at radius 3 is 2.40 bits per heavy atom. The van der Waals surface area contributed by atoms with Crippen LogP contribution in [0.25, 0.3) is 0 Å². The summed E-state index contributed by atoms with van der Waals surface area (Å²) in [6.45, 7) is 3.69. The number of piperazine rings is 1. The van der Waals surface area contributed by atoms with Crippen molar-refractivity contribution in [3.63, 3.8) is 0 Å². The van der Waals surface area contributed by atoms with Crippen LogP contribution in [0, 0.1) is 23.1 Å². The van der Waals surface area contributed by atoms with E-state index >= 15 is 0 Å². The number of hydrogen-bond acceptors (Lipinski definition) is 4. The van der Waals surface area contributed by atoms with Crippen molar-refractivity contribution in [2.75, 3.05) is 26.2 Å². The van der Waals surface area contributed by atoms with E-state index in [4.69, 9.17) is 5.26 Å². The normalized spacial score (nSPS) is 20.0. The summed E-state index contributed by atoms with van der Waals surface area (Å²) in [5.41, 5.74) is 0.496. The summed E-state index contributed by atoms with van der Waals surface area (Å²) in [6, 6.07) is 4.88. The molecule has 2 fully saturated rings. The summed E-state index contributed by atoms with van der Waals surface area (Å²) in [4.78, 5) is 2.39. The summed E-state index contributed by atoms with van der Waals surface area (Å²) >= 11 is 0. The highest BCUT2D eigenvalue weighted by Crippen LogP contribution is 2.42. The van der Waals surface area contributed by atoms with Gasteiger partial charge >= 0.3 is 0 Å². The Kier molecular flexibility index (Phi) is 8.95. The third-order valence-electron chi connectivity index (χ3n) is 5.23. The molecule has 0 spiro atoms. The molecule has 3 rings (SSSR count). The number of benzene rings is 1. The third-order valence-corrected chi connectivity index (χ3v) is 5.23. The van der Waals surface area contributed by atoms with E-state index in [1.807, 2.05) is 6.07 Å². The number of nitriles is 1. The Bertz CT molecular complexity index is 579. The van der Waals surface area contributed by atoms with Gasteiger partial charge in [-0.25, -0.2) is 4.39 Å². The second-order valence-corrected chi connectivity index (χ2v) is 6.60. The van der Waals surface area contributed by atoms with Gasteiger partial charge in [0.2, 0.25) is 0 Å². The molecule has 0 aromatic heterocycles. The molecule has 7 heteroatoms. The van der Waals surface area contributed by atoms with Gasteiger partial charge in [-0.15, -0.1) is 24.8 Å². The standard InChI is InChI=1S/C18H24FN3O.2ClH/c19-16-7-6-14(18(23)15(16)12-20)17(13-4-2-1-3-5-13)22-10-8-21-9-11-22;;/h6-7,13,17,21,23H,1-5,8-11H2;2*1H/t17-;;/m0../s1. The molecule has 2 aliphatic rings. The highest BCUT2D eigenvalue weighted by molar-refractivity contribution is 5.85. The fourth-order valence-electron chi connectivity index (χ4n) is 4.09. The van der Waals surface area contributed by atoms with Gasteiger partial charge in [0, 0.05) is 37.8 Å². The van der Waals surface area contributed by atoms with Crippen LogP contribution < -0.4 is 5.32 Å². The molecule has 1 aromatic rings. The molecular formula is C18H26Cl2FN3O. The molecule has 1 saturated heterocycles. The molecule has 1 aliphatic heterocycles. The van der Waals surface area contributed by atoms with E-state index in [9.17, 15) is 9.50 Å². The SMILES string of the molecule is Cl.Cl.N#Cc1c(F)ccc([C@H](C2CCCCC2)N2CCNCC2)c1O. The predicted molar refractivity (Wildman–Crippen MR) is 101 cm³/mol.